The van der Waals surface area contributed by atoms with Gasteiger partial charge in [-0.3, -0.25) is 0 Å². The second-order valence-corrected chi connectivity index (χ2v) is 6.49. The smallest absolute Gasteiger partial charge is 0.0386 e. The lowest BCUT2D eigenvalue weighted by atomic mass is 10.2. The van der Waals surface area contributed by atoms with Gasteiger partial charge in [-0.15, -0.1) is 17.9 Å². The molecule has 1 unspecified atom stereocenters. The zero-order chi connectivity index (χ0) is 12.8. The number of fused-ring (bicyclic) bond motifs is 1. The van der Waals surface area contributed by atoms with Crippen molar-refractivity contribution in [1.82, 2.24) is 5.32 Å². The maximum absolute atomic E-state index is 3.73. The van der Waals surface area contributed by atoms with Crippen LogP contribution in [0.15, 0.2) is 43.0 Å². The molecule has 2 aromatic rings. The standard InChI is InChI=1S/C15H19NS2/c1-3-9-17-10-8-16-12(2)15-11-13-6-4-5-7-14(13)18-15/h3-7,11-12,16H,1,8-10H2,2H3. The number of hydrogen-bond acceptors (Lipinski definition) is 3. The topological polar surface area (TPSA) is 12.0 Å². The van der Waals surface area contributed by atoms with Crippen molar-refractivity contribution in [3.05, 3.63) is 47.9 Å². The molecule has 0 bridgehead atoms. The quantitative estimate of drug-likeness (QED) is 0.592. The molecule has 0 fully saturated rings. The van der Waals surface area contributed by atoms with Gasteiger partial charge in [-0.05, 0) is 24.4 Å². The third-order valence-electron chi connectivity index (χ3n) is 2.80. The Kier molecular flexibility index (Phi) is 5.29. The second-order valence-electron chi connectivity index (χ2n) is 4.23. The van der Waals surface area contributed by atoms with Gasteiger partial charge in [0.25, 0.3) is 0 Å². The first kappa shape index (κ1) is 13.7. The van der Waals surface area contributed by atoms with E-state index in [-0.39, 0.29) is 0 Å². The lowest BCUT2D eigenvalue weighted by Crippen LogP contribution is -2.20. The molecule has 1 heterocycles. The van der Waals surface area contributed by atoms with E-state index in [0.29, 0.717) is 6.04 Å². The summed E-state index contributed by atoms with van der Waals surface area (Å²) in [6.45, 7) is 7.01. The fourth-order valence-corrected chi connectivity index (χ4v) is 3.52. The summed E-state index contributed by atoms with van der Waals surface area (Å²) in [5.74, 6) is 2.18. The van der Waals surface area contributed by atoms with E-state index in [2.05, 4.69) is 49.2 Å². The van der Waals surface area contributed by atoms with E-state index in [9.17, 15) is 0 Å². The van der Waals surface area contributed by atoms with Crippen LogP contribution in [0.3, 0.4) is 0 Å². The maximum Gasteiger partial charge on any atom is 0.0386 e. The number of nitrogens with one attached hydrogen (secondary N) is 1. The van der Waals surface area contributed by atoms with Gasteiger partial charge in [-0.25, -0.2) is 0 Å². The molecule has 0 radical (unpaired) electrons. The average Bonchev–Trinajstić information content (AvgIpc) is 2.82. The normalized spacial score (nSPS) is 12.7. The fourth-order valence-electron chi connectivity index (χ4n) is 1.83. The molecule has 0 aliphatic heterocycles. The van der Waals surface area contributed by atoms with E-state index >= 15 is 0 Å². The Bertz CT molecular complexity index is 471. The van der Waals surface area contributed by atoms with Crippen LogP contribution in [0.4, 0.5) is 0 Å². The molecule has 2 rings (SSSR count). The number of thiophene rings is 1. The SMILES string of the molecule is C=CCSCCNC(C)c1cc2ccccc2s1. The summed E-state index contributed by atoms with van der Waals surface area (Å²) < 4.78 is 1.38. The molecule has 18 heavy (non-hydrogen) atoms. The number of benzene rings is 1. The third kappa shape index (κ3) is 3.61. The van der Waals surface area contributed by atoms with Crippen molar-refractivity contribution >= 4 is 33.2 Å². The molecule has 3 heteroatoms. The molecule has 1 aromatic carbocycles. The molecular weight excluding hydrogens is 258 g/mol. The minimum atomic E-state index is 0.437. The summed E-state index contributed by atoms with van der Waals surface area (Å²) in [5, 5.41) is 4.93. The van der Waals surface area contributed by atoms with E-state index in [1.165, 1.54) is 15.0 Å². The highest BCUT2D eigenvalue weighted by molar-refractivity contribution is 7.99. The van der Waals surface area contributed by atoms with Gasteiger partial charge in [-0.2, -0.15) is 11.8 Å². The van der Waals surface area contributed by atoms with Gasteiger partial charge in [0.15, 0.2) is 0 Å². The van der Waals surface area contributed by atoms with Gasteiger partial charge in [0.1, 0.15) is 0 Å². The van der Waals surface area contributed by atoms with Crippen LogP contribution in [0.1, 0.15) is 17.8 Å². The van der Waals surface area contributed by atoms with E-state index in [1.54, 1.807) is 0 Å². The van der Waals surface area contributed by atoms with E-state index in [1.807, 2.05) is 29.2 Å². The van der Waals surface area contributed by atoms with E-state index < -0.39 is 0 Å². The first-order valence-corrected chi connectivity index (χ1v) is 8.19. The summed E-state index contributed by atoms with van der Waals surface area (Å²) in [7, 11) is 0. The van der Waals surface area contributed by atoms with Crippen LogP contribution in [0.2, 0.25) is 0 Å². The molecule has 0 aliphatic rings. The predicted octanol–water partition coefficient (Wildman–Crippen LogP) is 4.47. The Hall–Kier alpha value is -0.770. The molecule has 0 amide bonds. The Morgan fingerprint density at radius 2 is 2.28 bits per heavy atom. The van der Waals surface area contributed by atoms with Crippen molar-refractivity contribution in [3.63, 3.8) is 0 Å². The van der Waals surface area contributed by atoms with Crippen LogP contribution in [0, 0.1) is 0 Å². The molecule has 0 spiro atoms. The van der Waals surface area contributed by atoms with Gasteiger partial charge in [0.05, 0.1) is 0 Å². The Morgan fingerprint density at radius 1 is 1.44 bits per heavy atom. The van der Waals surface area contributed by atoms with E-state index in [0.717, 1.165) is 18.1 Å². The number of hydrogen-bond donors (Lipinski definition) is 1. The maximum atomic E-state index is 3.73. The number of thioether (sulfide) groups is 1. The highest BCUT2D eigenvalue weighted by Crippen LogP contribution is 2.29. The predicted molar refractivity (Wildman–Crippen MR) is 85.8 cm³/mol. The average molecular weight is 277 g/mol. The third-order valence-corrected chi connectivity index (χ3v) is 5.07. The minimum absolute atomic E-state index is 0.437. The Labute approximate surface area is 117 Å². The zero-order valence-electron chi connectivity index (χ0n) is 10.7. The first-order valence-electron chi connectivity index (χ1n) is 6.22. The van der Waals surface area contributed by atoms with Crippen LogP contribution in [0.25, 0.3) is 10.1 Å². The summed E-state index contributed by atoms with van der Waals surface area (Å²) in [6.07, 6.45) is 1.96. The highest BCUT2D eigenvalue weighted by atomic mass is 32.2. The molecule has 0 aliphatic carbocycles. The van der Waals surface area contributed by atoms with Crippen LogP contribution in [0.5, 0.6) is 0 Å². The Balaban J connectivity index is 1.88. The largest absolute Gasteiger partial charge is 0.309 e. The second kappa shape index (κ2) is 6.98. The van der Waals surface area contributed by atoms with Crippen molar-refractivity contribution in [2.45, 2.75) is 13.0 Å². The van der Waals surface area contributed by atoms with Gasteiger partial charge >= 0.3 is 0 Å². The van der Waals surface area contributed by atoms with Crippen molar-refractivity contribution in [2.24, 2.45) is 0 Å². The summed E-state index contributed by atoms with van der Waals surface area (Å²) in [5.41, 5.74) is 0. The van der Waals surface area contributed by atoms with E-state index in [4.69, 9.17) is 0 Å². The van der Waals surface area contributed by atoms with Gasteiger partial charge in [0.2, 0.25) is 0 Å². The zero-order valence-corrected chi connectivity index (χ0v) is 12.3. The van der Waals surface area contributed by atoms with Crippen LogP contribution >= 0.6 is 23.1 Å². The lowest BCUT2D eigenvalue weighted by molar-refractivity contribution is 0.611. The molecule has 1 aromatic heterocycles. The lowest BCUT2D eigenvalue weighted by Gasteiger charge is -2.11. The van der Waals surface area contributed by atoms with Crippen LogP contribution in [-0.2, 0) is 0 Å². The molecule has 1 atom stereocenters. The molecule has 1 N–H and O–H groups in total. The molecule has 0 saturated carbocycles. The van der Waals surface area contributed by atoms with Crippen LogP contribution in [-0.4, -0.2) is 18.1 Å². The minimum Gasteiger partial charge on any atom is -0.309 e. The summed E-state index contributed by atoms with van der Waals surface area (Å²) in [6, 6.07) is 11.3. The highest BCUT2D eigenvalue weighted by Gasteiger charge is 2.08. The van der Waals surface area contributed by atoms with Gasteiger partial charge < -0.3 is 5.32 Å². The molecule has 96 valence electrons. The summed E-state index contributed by atoms with van der Waals surface area (Å²) >= 11 is 3.81. The van der Waals surface area contributed by atoms with Crippen molar-refractivity contribution in [1.29, 1.82) is 0 Å². The molecule has 0 saturated heterocycles. The fraction of sp³-hybridized carbons (Fsp3) is 0.333. The van der Waals surface area contributed by atoms with Crippen molar-refractivity contribution < 1.29 is 0 Å². The summed E-state index contributed by atoms with van der Waals surface area (Å²) in [4.78, 5) is 1.42. The van der Waals surface area contributed by atoms with Crippen molar-refractivity contribution in [3.8, 4) is 0 Å². The monoisotopic (exact) mass is 277 g/mol. The van der Waals surface area contributed by atoms with Crippen molar-refractivity contribution in [2.75, 3.05) is 18.1 Å². The molecular formula is C15H19NS2. The molecule has 1 nitrogen and oxygen atoms in total. The van der Waals surface area contributed by atoms with Crippen LogP contribution < -0.4 is 5.32 Å². The number of rotatable bonds is 7. The first-order chi connectivity index (χ1) is 8.81. The van der Waals surface area contributed by atoms with Gasteiger partial charge in [0, 0.05) is 33.7 Å². The van der Waals surface area contributed by atoms with Gasteiger partial charge in [-0.1, -0.05) is 24.3 Å². The Morgan fingerprint density at radius 3 is 3.06 bits per heavy atom.